The van der Waals surface area contributed by atoms with E-state index in [9.17, 15) is 4.79 Å². The van der Waals surface area contributed by atoms with Gasteiger partial charge in [-0.3, -0.25) is 14.3 Å². The lowest BCUT2D eigenvalue weighted by Gasteiger charge is -2.12. The quantitative estimate of drug-likeness (QED) is 0.780. The second-order valence-electron chi connectivity index (χ2n) is 5.14. The molecule has 0 aromatic carbocycles. The van der Waals surface area contributed by atoms with Gasteiger partial charge in [0.15, 0.2) is 0 Å². The largest absolute Gasteiger partial charge is 0.312 e. The SMILES string of the molecule is O=c1c2c3c(sc2ncn1Cc1ccncc1)CNCC3. The van der Waals surface area contributed by atoms with Gasteiger partial charge in [-0.2, -0.15) is 0 Å². The van der Waals surface area contributed by atoms with E-state index in [4.69, 9.17) is 0 Å². The van der Waals surface area contributed by atoms with Crippen molar-refractivity contribution < 1.29 is 0 Å². The Hall–Kier alpha value is -2.05. The smallest absolute Gasteiger partial charge is 0.262 e. The molecule has 0 atom stereocenters. The van der Waals surface area contributed by atoms with Crippen LogP contribution in [0.15, 0.2) is 35.6 Å². The molecule has 3 aromatic rings. The van der Waals surface area contributed by atoms with Crippen molar-refractivity contribution in [2.75, 3.05) is 6.54 Å². The number of nitrogens with one attached hydrogen (secondary N) is 1. The lowest BCUT2D eigenvalue weighted by atomic mass is 10.1. The number of hydrogen-bond donors (Lipinski definition) is 1. The molecule has 5 nitrogen and oxygen atoms in total. The Balaban J connectivity index is 1.84. The number of thiophene rings is 1. The maximum atomic E-state index is 12.8. The standard InChI is InChI=1S/C15H14N4OS/c20-15-13-11-3-6-17-7-12(11)21-14(13)18-9-19(15)8-10-1-4-16-5-2-10/h1-2,4-5,9,17H,3,6-8H2. The Bertz CT molecular complexity index is 853. The Morgan fingerprint density at radius 2 is 2.19 bits per heavy atom. The van der Waals surface area contributed by atoms with Crippen LogP contribution in [0.2, 0.25) is 0 Å². The summed E-state index contributed by atoms with van der Waals surface area (Å²) in [4.78, 5) is 23.4. The van der Waals surface area contributed by atoms with E-state index in [-0.39, 0.29) is 5.56 Å². The van der Waals surface area contributed by atoms with E-state index in [0.29, 0.717) is 6.54 Å². The molecule has 0 saturated carbocycles. The minimum absolute atomic E-state index is 0.0659. The first kappa shape index (κ1) is 12.7. The van der Waals surface area contributed by atoms with Gasteiger partial charge < -0.3 is 5.32 Å². The van der Waals surface area contributed by atoms with E-state index in [2.05, 4.69) is 15.3 Å². The second-order valence-corrected chi connectivity index (χ2v) is 6.23. The van der Waals surface area contributed by atoms with Crippen LogP contribution in [0.3, 0.4) is 0 Å². The average Bonchev–Trinajstić information content (AvgIpc) is 2.90. The molecule has 0 fully saturated rings. The molecule has 1 N–H and O–H groups in total. The molecular formula is C15H14N4OS. The first-order chi connectivity index (χ1) is 10.3. The van der Waals surface area contributed by atoms with E-state index in [1.807, 2.05) is 12.1 Å². The molecule has 0 aliphatic carbocycles. The fraction of sp³-hybridized carbons (Fsp3) is 0.267. The van der Waals surface area contributed by atoms with Gasteiger partial charge in [-0.25, -0.2) is 4.98 Å². The van der Waals surface area contributed by atoms with E-state index in [1.54, 1.807) is 34.6 Å². The van der Waals surface area contributed by atoms with E-state index in [0.717, 1.165) is 35.3 Å². The summed E-state index contributed by atoms with van der Waals surface area (Å²) < 4.78 is 1.69. The monoisotopic (exact) mass is 298 g/mol. The third kappa shape index (κ3) is 2.16. The summed E-state index contributed by atoms with van der Waals surface area (Å²) in [6.07, 6.45) is 6.04. The summed E-state index contributed by atoms with van der Waals surface area (Å²) >= 11 is 1.63. The molecule has 0 spiro atoms. The predicted molar refractivity (Wildman–Crippen MR) is 82.6 cm³/mol. The maximum Gasteiger partial charge on any atom is 0.262 e. The normalized spacial score (nSPS) is 14.3. The van der Waals surface area contributed by atoms with Crippen LogP contribution in [0.5, 0.6) is 0 Å². The zero-order valence-electron chi connectivity index (χ0n) is 11.4. The molecule has 1 aliphatic rings. The highest BCUT2D eigenvalue weighted by atomic mass is 32.1. The zero-order valence-corrected chi connectivity index (χ0v) is 12.2. The predicted octanol–water partition coefficient (Wildman–Crippen LogP) is 1.55. The minimum atomic E-state index is 0.0659. The van der Waals surface area contributed by atoms with Crippen molar-refractivity contribution >= 4 is 21.6 Å². The molecule has 0 amide bonds. The molecular weight excluding hydrogens is 284 g/mol. The highest BCUT2D eigenvalue weighted by Crippen LogP contribution is 2.29. The molecule has 4 rings (SSSR count). The summed E-state index contributed by atoms with van der Waals surface area (Å²) in [6.45, 7) is 2.31. The number of aromatic nitrogens is 3. The average molecular weight is 298 g/mol. The van der Waals surface area contributed by atoms with E-state index >= 15 is 0 Å². The van der Waals surface area contributed by atoms with Crippen molar-refractivity contribution in [2.24, 2.45) is 0 Å². The minimum Gasteiger partial charge on any atom is -0.312 e. The van der Waals surface area contributed by atoms with Gasteiger partial charge in [-0.05, 0) is 36.2 Å². The first-order valence-corrected chi connectivity index (χ1v) is 7.74. The lowest BCUT2D eigenvalue weighted by molar-refractivity contribution is 0.656. The fourth-order valence-electron chi connectivity index (χ4n) is 2.75. The molecule has 21 heavy (non-hydrogen) atoms. The Morgan fingerprint density at radius 3 is 3.05 bits per heavy atom. The molecule has 0 unspecified atom stereocenters. The van der Waals surface area contributed by atoms with Crippen LogP contribution in [-0.2, 0) is 19.5 Å². The van der Waals surface area contributed by atoms with Crippen molar-refractivity contribution in [1.82, 2.24) is 19.9 Å². The summed E-state index contributed by atoms with van der Waals surface area (Å²) in [6, 6.07) is 3.84. The molecule has 3 aromatic heterocycles. The van der Waals surface area contributed by atoms with Gasteiger partial charge in [0.1, 0.15) is 4.83 Å². The van der Waals surface area contributed by atoms with Crippen molar-refractivity contribution in [2.45, 2.75) is 19.5 Å². The maximum absolute atomic E-state index is 12.8. The van der Waals surface area contributed by atoms with Crippen molar-refractivity contribution in [1.29, 1.82) is 0 Å². The molecule has 0 saturated heterocycles. The molecule has 6 heteroatoms. The second kappa shape index (κ2) is 5.05. The van der Waals surface area contributed by atoms with Gasteiger partial charge in [0.25, 0.3) is 5.56 Å². The molecule has 0 radical (unpaired) electrons. The van der Waals surface area contributed by atoms with Gasteiger partial charge >= 0.3 is 0 Å². The Kier molecular flexibility index (Phi) is 3.05. The van der Waals surface area contributed by atoms with Crippen LogP contribution in [0, 0.1) is 0 Å². The molecule has 4 heterocycles. The van der Waals surface area contributed by atoms with Gasteiger partial charge in [0.2, 0.25) is 0 Å². The topological polar surface area (TPSA) is 59.8 Å². The van der Waals surface area contributed by atoms with Crippen LogP contribution in [0.25, 0.3) is 10.2 Å². The van der Waals surface area contributed by atoms with E-state index in [1.165, 1.54) is 10.4 Å². The van der Waals surface area contributed by atoms with Gasteiger partial charge in [0.05, 0.1) is 18.3 Å². The van der Waals surface area contributed by atoms with Crippen LogP contribution >= 0.6 is 11.3 Å². The Labute approximate surface area is 125 Å². The van der Waals surface area contributed by atoms with Crippen LogP contribution < -0.4 is 10.9 Å². The number of rotatable bonds is 2. The molecule has 0 bridgehead atoms. The fourth-order valence-corrected chi connectivity index (χ4v) is 3.89. The van der Waals surface area contributed by atoms with Crippen LogP contribution in [0.1, 0.15) is 16.0 Å². The third-order valence-electron chi connectivity index (χ3n) is 3.80. The van der Waals surface area contributed by atoms with E-state index < -0.39 is 0 Å². The summed E-state index contributed by atoms with van der Waals surface area (Å²) in [7, 11) is 0. The Morgan fingerprint density at radius 1 is 1.33 bits per heavy atom. The lowest BCUT2D eigenvalue weighted by Crippen LogP contribution is -2.25. The third-order valence-corrected chi connectivity index (χ3v) is 4.94. The number of hydrogen-bond acceptors (Lipinski definition) is 5. The van der Waals surface area contributed by atoms with Gasteiger partial charge in [-0.1, -0.05) is 0 Å². The van der Waals surface area contributed by atoms with Crippen molar-refractivity contribution in [3.8, 4) is 0 Å². The highest BCUT2D eigenvalue weighted by molar-refractivity contribution is 7.18. The van der Waals surface area contributed by atoms with Gasteiger partial charge in [0, 0.05) is 23.8 Å². The van der Waals surface area contributed by atoms with Crippen LogP contribution in [0.4, 0.5) is 0 Å². The number of fused-ring (bicyclic) bond motifs is 3. The first-order valence-electron chi connectivity index (χ1n) is 6.92. The summed E-state index contributed by atoms with van der Waals surface area (Å²) in [5, 5.41) is 4.16. The van der Waals surface area contributed by atoms with Crippen LogP contribution in [-0.4, -0.2) is 21.1 Å². The zero-order chi connectivity index (χ0) is 14.2. The molecule has 1 aliphatic heterocycles. The summed E-state index contributed by atoms with van der Waals surface area (Å²) in [5.74, 6) is 0. The molecule has 106 valence electrons. The van der Waals surface area contributed by atoms with Gasteiger partial charge in [-0.15, -0.1) is 11.3 Å². The number of pyridine rings is 1. The highest BCUT2D eigenvalue weighted by Gasteiger charge is 2.19. The van der Waals surface area contributed by atoms with Crippen molar-refractivity contribution in [3.05, 3.63) is 57.2 Å². The number of nitrogens with zero attached hydrogens (tertiary/aromatic N) is 3. The van der Waals surface area contributed by atoms with Crippen molar-refractivity contribution in [3.63, 3.8) is 0 Å². The summed E-state index contributed by atoms with van der Waals surface area (Å²) in [5.41, 5.74) is 2.31.